The van der Waals surface area contributed by atoms with Gasteiger partial charge in [-0.15, -0.1) is 0 Å². The summed E-state index contributed by atoms with van der Waals surface area (Å²) in [5, 5.41) is 8.72. The summed E-state index contributed by atoms with van der Waals surface area (Å²) in [7, 11) is 0. The minimum absolute atomic E-state index is 0.187. The Balaban J connectivity index is 2.63. The normalized spacial score (nSPS) is 11.1. The van der Waals surface area contributed by atoms with Gasteiger partial charge in [-0.2, -0.15) is 0 Å². The van der Waals surface area contributed by atoms with Crippen LogP contribution in [0.4, 0.5) is 0 Å². The molecule has 0 atom stereocenters. The van der Waals surface area contributed by atoms with Gasteiger partial charge < -0.3 is 5.11 Å². The van der Waals surface area contributed by atoms with Gasteiger partial charge in [0, 0.05) is 23.6 Å². The zero-order valence-electron chi connectivity index (χ0n) is 10.2. The van der Waals surface area contributed by atoms with Gasteiger partial charge in [0.2, 0.25) is 0 Å². The van der Waals surface area contributed by atoms with Crippen molar-refractivity contribution in [3.8, 4) is 0 Å². The van der Waals surface area contributed by atoms with Crippen LogP contribution < -0.4 is 0 Å². The lowest BCUT2D eigenvalue weighted by Crippen LogP contribution is -2.32. The zero-order valence-corrected chi connectivity index (χ0v) is 11.8. The monoisotopic (exact) mass is 299 g/mol. The van der Waals surface area contributed by atoms with Gasteiger partial charge in [-0.3, -0.25) is 9.69 Å². The van der Waals surface area contributed by atoms with Crippen molar-refractivity contribution >= 4 is 21.9 Å². The van der Waals surface area contributed by atoms with Crippen LogP contribution in [0.25, 0.3) is 0 Å². The second kappa shape index (κ2) is 6.77. The Kier molecular flexibility index (Phi) is 5.65. The molecule has 3 nitrogen and oxygen atoms in total. The Morgan fingerprint density at radius 2 is 2.18 bits per heavy atom. The molecule has 0 aliphatic carbocycles. The van der Waals surface area contributed by atoms with E-state index in [-0.39, 0.29) is 6.42 Å². The summed E-state index contributed by atoms with van der Waals surface area (Å²) < 4.78 is 1.05. The molecule has 0 heterocycles. The van der Waals surface area contributed by atoms with Gasteiger partial charge in [0.05, 0.1) is 6.42 Å². The molecule has 0 saturated heterocycles. The van der Waals surface area contributed by atoms with E-state index in [1.165, 1.54) is 5.56 Å². The molecular formula is C13H18BrNO2. The molecule has 0 aromatic heterocycles. The summed E-state index contributed by atoms with van der Waals surface area (Å²) in [6, 6.07) is 8.44. The van der Waals surface area contributed by atoms with E-state index >= 15 is 0 Å². The van der Waals surface area contributed by atoms with Crippen LogP contribution in [0, 0.1) is 0 Å². The first-order valence-electron chi connectivity index (χ1n) is 5.69. The van der Waals surface area contributed by atoms with Gasteiger partial charge in [-0.05, 0) is 31.5 Å². The molecule has 0 unspecified atom stereocenters. The summed E-state index contributed by atoms with van der Waals surface area (Å²) in [4.78, 5) is 12.8. The molecule has 17 heavy (non-hydrogen) atoms. The van der Waals surface area contributed by atoms with Crippen LogP contribution >= 0.6 is 15.9 Å². The van der Waals surface area contributed by atoms with Crippen molar-refractivity contribution in [3.05, 3.63) is 34.3 Å². The van der Waals surface area contributed by atoms with Gasteiger partial charge in [0.1, 0.15) is 0 Å². The second-order valence-corrected chi connectivity index (χ2v) is 5.25. The van der Waals surface area contributed by atoms with Crippen LogP contribution in [0.5, 0.6) is 0 Å². The minimum atomic E-state index is -0.745. The van der Waals surface area contributed by atoms with Crippen molar-refractivity contribution in [3.63, 3.8) is 0 Å². The fourth-order valence-electron chi connectivity index (χ4n) is 1.63. The van der Waals surface area contributed by atoms with E-state index in [2.05, 4.69) is 46.8 Å². The van der Waals surface area contributed by atoms with E-state index < -0.39 is 5.97 Å². The molecule has 0 radical (unpaired) electrons. The van der Waals surface area contributed by atoms with Crippen LogP contribution in [0.1, 0.15) is 25.8 Å². The fraction of sp³-hybridized carbons (Fsp3) is 0.462. The molecule has 1 aromatic carbocycles. The predicted molar refractivity (Wildman–Crippen MR) is 71.9 cm³/mol. The third-order valence-electron chi connectivity index (χ3n) is 2.62. The molecule has 0 bridgehead atoms. The Morgan fingerprint density at radius 3 is 2.71 bits per heavy atom. The highest BCUT2D eigenvalue weighted by molar-refractivity contribution is 9.10. The smallest absolute Gasteiger partial charge is 0.304 e. The number of hydrogen-bond donors (Lipinski definition) is 1. The quantitative estimate of drug-likeness (QED) is 0.877. The van der Waals surface area contributed by atoms with Crippen LogP contribution in [0.3, 0.4) is 0 Å². The van der Waals surface area contributed by atoms with Crippen molar-refractivity contribution in [2.24, 2.45) is 0 Å². The number of halogens is 1. The number of carbonyl (C=O) groups is 1. The first kappa shape index (κ1) is 14.2. The summed E-state index contributed by atoms with van der Waals surface area (Å²) in [6.45, 7) is 5.53. The Morgan fingerprint density at radius 1 is 1.47 bits per heavy atom. The molecule has 0 amide bonds. The Bertz CT molecular complexity index is 379. The molecular weight excluding hydrogens is 282 g/mol. The SMILES string of the molecule is CC(C)N(CCC(=O)O)Cc1cccc(Br)c1. The first-order valence-corrected chi connectivity index (χ1v) is 6.48. The predicted octanol–water partition coefficient (Wildman–Crippen LogP) is 3.13. The number of hydrogen-bond acceptors (Lipinski definition) is 2. The van der Waals surface area contributed by atoms with E-state index in [4.69, 9.17) is 5.11 Å². The van der Waals surface area contributed by atoms with E-state index in [9.17, 15) is 4.79 Å². The molecule has 0 saturated carbocycles. The maximum absolute atomic E-state index is 10.6. The fourth-order valence-corrected chi connectivity index (χ4v) is 2.08. The maximum atomic E-state index is 10.6. The molecule has 94 valence electrons. The molecule has 4 heteroatoms. The number of carboxylic acids is 1. The van der Waals surface area contributed by atoms with E-state index in [1.807, 2.05) is 12.1 Å². The molecule has 0 fully saturated rings. The van der Waals surface area contributed by atoms with Gasteiger partial charge in [-0.25, -0.2) is 0 Å². The number of carboxylic acid groups (broad SMARTS) is 1. The second-order valence-electron chi connectivity index (χ2n) is 4.34. The van der Waals surface area contributed by atoms with Crippen molar-refractivity contribution in [2.75, 3.05) is 6.54 Å². The Labute approximate surface area is 111 Å². The van der Waals surface area contributed by atoms with E-state index in [1.54, 1.807) is 0 Å². The lowest BCUT2D eigenvalue weighted by Gasteiger charge is -2.25. The summed E-state index contributed by atoms with van der Waals surface area (Å²) in [5.74, 6) is -0.745. The largest absolute Gasteiger partial charge is 0.481 e. The van der Waals surface area contributed by atoms with Gasteiger partial charge in [-0.1, -0.05) is 28.1 Å². The third kappa shape index (κ3) is 5.33. The zero-order chi connectivity index (χ0) is 12.8. The van der Waals surface area contributed by atoms with E-state index in [0.717, 1.165) is 11.0 Å². The molecule has 1 rings (SSSR count). The molecule has 1 N–H and O–H groups in total. The molecule has 0 spiro atoms. The lowest BCUT2D eigenvalue weighted by molar-refractivity contribution is -0.137. The summed E-state index contributed by atoms with van der Waals surface area (Å²) in [5.41, 5.74) is 1.19. The van der Waals surface area contributed by atoms with E-state index in [0.29, 0.717) is 12.6 Å². The molecule has 0 aliphatic rings. The highest BCUT2D eigenvalue weighted by Gasteiger charge is 2.11. The van der Waals surface area contributed by atoms with Gasteiger partial charge in [0.15, 0.2) is 0 Å². The average Bonchev–Trinajstić information content (AvgIpc) is 2.23. The van der Waals surface area contributed by atoms with Crippen molar-refractivity contribution in [2.45, 2.75) is 32.9 Å². The number of nitrogens with zero attached hydrogens (tertiary/aromatic N) is 1. The first-order chi connectivity index (χ1) is 7.99. The minimum Gasteiger partial charge on any atom is -0.481 e. The number of aliphatic carboxylic acids is 1. The third-order valence-corrected chi connectivity index (χ3v) is 3.11. The van der Waals surface area contributed by atoms with Crippen LogP contribution in [0.15, 0.2) is 28.7 Å². The van der Waals surface area contributed by atoms with Crippen LogP contribution in [0.2, 0.25) is 0 Å². The topological polar surface area (TPSA) is 40.5 Å². The Hall–Kier alpha value is -0.870. The van der Waals surface area contributed by atoms with Crippen molar-refractivity contribution in [1.82, 2.24) is 4.90 Å². The standard InChI is InChI=1S/C13H18BrNO2/c1-10(2)15(7-6-13(16)17)9-11-4-3-5-12(14)8-11/h3-5,8,10H,6-7,9H2,1-2H3,(H,16,17). The van der Waals surface area contributed by atoms with Crippen molar-refractivity contribution in [1.29, 1.82) is 0 Å². The highest BCUT2D eigenvalue weighted by atomic mass is 79.9. The van der Waals surface area contributed by atoms with Crippen molar-refractivity contribution < 1.29 is 9.90 Å². The summed E-state index contributed by atoms with van der Waals surface area (Å²) in [6.07, 6.45) is 0.187. The summed E-state index contributed by atoms with van der Waals surface area (Å²) >= 11 is 3.44. The molecule has 0 aliphatic heterocycles. The van der Waals surface area contributed by atoms with Gasteiger partial charge >= 0.3 is 5.97 Å². The lowest BCUT2D eigenvalue weighted by atomic mass is 10.2. The van der Waals surface area contributed by atoms with Crippen LogP contribution in [-0.4, -0.2) is 28.6 Å². The average molecular weight is 300 g/mol. The van der Waals surface area contributed by atoms with Crippen LogP contribution in [-0.2, 0) is 11.3 Å². The number of benzene rings is 1. The van der Waals surface area contributed by atoms with Gasteiger partial charge in [0.25, 0.3) is 0 Å². The highest BCUT2D eigenvalue weighted by Crippen LogP contribution is 2.14. The maximum Gasteiger partial charge on any atom is 0.304 e. The number of rotatable bonds is 6. The molecule has 1 aromatic rings.